The van der Waals surface area contributed by atoms with Crippen LogP contribution in [-0.2, 0) is 20.9 Å². The minimum Gasteiger partial charge on any atom is -0.496 e. The summed E-state index contributed by atoms with van der Waals surface area (Å²) in [5.41, 5.74) is 3.68. The first kappa shape index (κ1) is 32.2. The van der Waals surface area contributed by atoms with Crippen LogP contribution in [0.15, 0.2) is 48.5 Å². The third-order valence-corrected chi connectivity index (χ3v) is 6.43. The standard InChI is InChI=1S/C32H39FN2O7/c1-8-40-31(38)27(37)18-41-22-11-12-24(29(16-22)39-7)23-13-14-26(34-32(3,4)19-36)30(35(5)6)25(23)17-42-28-15-21(33)10-9-20(28)2/h9-16,19,27,34,37H,8,17-18H2,1-7H3. The molecule has 0 fully saturated rings. The number of anilines is 2. The number of hydrogen-bond acceptors (Lipinski definition) is 9. The largest absolute Gasteiger partial charge is 0.496 e. The number of esters is 1. The van der Waals surface area contributed by atoms with E-state index in [0.717, 1.165) is 34.2 Å². The number of aliphatic hydroxyl groups is 1. The first-order chi connectivity index (χ1) is 19.9. The van der Waals surface area contributed by atoms with Crippen LogP contribution >= 0.6 is 0 Å². The van der Waals surface area contributed by atoms with Crippen LogP contribution in [0.2, 0.25) is 0 Å². The lowest BCUT2D eigenvalue weighted by molar-refractivity contribution is -0.154. The number of benzene rings is 3. The van der Waals surface area contributed by atoms with Gasteiger partial charge in [-0.05, 0) is 63.1 Å². The monoisotopic (exact) mass is 582 g/mol. The molecule has 0 bridgehead atoms. The molecular weight excluding hydrogens is 543 g/mol. The lowest BCUT2D eigenvalue weighted by Crippen LogP contribution is -2.33. The number of carbonyl (C=O) groups is 2. The fourth-order valence-corrected chi connectivity index (χ4v) is 4.37. The highest BCUT2D eigenvalue weighted by molar-refractivity contribution is 5.87. The van der Waals surface area contributed by atoms with Crippen molar-refractivity contribution in [1.82, 2.24) is 0 Å². The number of halogens is 1. The Hall–Kier alpha value is -4.31. The van der Waals surface area contributed by atoms with Crippen molar-refractivity contribution < 1.29 is 38.0 Å². The van der Waals surface area contributed by atoms with Gasteiger partial charge in [0.25, 0.3) is 0 Å². The Morgan fingerprint density at radius 1 is 1.07 bits per heavy atom. The fourth-order valence-electron chi connectivity index (χ4n) is 4.37. The zero-order chi connectivity index (χ0) is 31.0. The van der Waals surface area contributed by atoms with Gasteiger partial charge in [-0.15, -0.1) is 0 Å². The average Bonchev–Trinajstić information content (AvgIpc) is 2.96. The Kier molecular flexibility index (Phi) is 10.8. The molecule has 0 radical (unpaired) electrons. The van der Waals surface area contributed by atoms with E-state index in [9.17, 15) is 19.1 Å². The van der Waals surface area contributed by atoms with Crippen LogP contribution in [0.25, 0.3) is 11.1 Å². The molecule has 0 aliphatic heterocycles. The Morgan fingerprint density at radius 2 is 1.79 bits per heavy atom. The zero-order valence-corrected chi connectivity index (χ0v) is 25.1. The molecule has 226 valence electrons. The lowest BCUT2D eigenvalue weighted by Gasteiger charge is -2.29. The molecular formula is C32H39FN2O7. The van der Waals surface area contributed by atoms with Crippen LogP contribution < -0.4 is 24.4 Å². The number of nitrogens with one attached hydrogen (secondary N) is 1. The second-order valence-corrected chi connectivity index (χ2v) is 10.5. The molecule has 0 aliphatic rings. The molecule has 0 heterocycles. The normalized spacial score (nSPS) is 11.8. The minimum atomic E-state index is -1.43. The number of methoxy groups -OCH3 is 1. The van der Waals surface area contributed by atoms with Crippen LogP contribution in [0, 0.1) is 12.7 Å². The van der Waals surface area contributed by atoms with Gasteiger partial charge in [-0.1, -0.05) is 12.1 Å². The zero-order valence-electron chi connectivity index (χ0n) is 25.1. The van der Waals surface area contributed by atoms with Gasteiger partial charge < -0.3 is 39.1 Å². The maximum Gasteiger partial charge on any atom is 0.338 e. The molecule has 2 N–H and O–H groups in total. The summed E-state index contributed by atoms with van der Waals surface area (Å²) in [6.07, 6.45) is -0.586. The molecule has 3 rings (SSSR count). The van der Waals surface area contributed by atoms with Crippen molar-refractivity contribution in [2.75, 3.05) is 44.6 Å². The first-order valence-corrected chi connectivity index (χ1v) is 13.5. The third kappa shape index (κ3) is 7.91. The van der Waals surface area contributed by atoms with Crippen LogP contribution in [-0.4, -0.2) is 63.4 Å². The Bertz CT molecular complexity index is 1410. The van der Waals surface area contributed by atoms with Crippen molar-refractivity contribution >= 4 is 23.6 Å². The number of rotatable bonds is 14. The fraction of sp³-hybridized carbons (Fsp3) is 0.375. The van der Waals surface area contributed by atoms with Gasteiger partial charge in [-0.3, -0.25) is 0 Å². The molecule has 0 saturated heterocycles. The molecule has 0 saturated carbocycles. The summed E-state index contributed by atoms with van der Waals surface area (Å²) in [6, 6.07) is 13.3. The van der Waals surface area contributed by atoms with Crippen LogP contribution in [0.1, 0.15) is 31.9 Å². The molecule has 10 heteroatoms. The number of carbonyl (C=O) groups excluding carboxylic acids is 2. The molecule has 0 aromatic heterocycles. The molecule has 3 aromatic rings. The van der Waals surface area contributed by atoms with Crippen molar-refractivity contribution in [3.8, 4) is 28.4 Å². The molecule has 0 aliphatic carbocycles. The Morgan fingerprint density at radius 3 is 2.43 bits per heavy atom. The van der Waals surface area contributed by atoms with Crippen LogP contribution in [0.4, 0.5) is 15.8 Å². The van der Waals surface area contributed by atoms with E-state index in [1.165, 1.54) is 19.2 Å². The van der Waals surface area contributed by atoms with Gasteiger partial charge in [-0.2, -0.15) is 0 Å². The summed E-state index contributed by atoms with van der Waals surface area (Å²) in [5, 5.41) is 13.3. The highest BCUT2D eigenvalue weighted by atomic mass is 19.1. The second-order valence-electron chi connectivity index (χ2n) is 10.5. The van der Waals surface area contributed by atoms with Crippen molar-refractivity contribution in [2.24, 2.45) is 0 Å². The van der Waals surface area contributed by atoms with Gasteiger partial charge in [0.2, 0.25) is 0 Å². The molecule has 1 atom stereocenters. The summed E-state index contributed by atoms with van der Waals surface area (Å²) >= 11 is 0. The second kappa shape index (κ2) is 14.0. The SMILES string of the molecule is CCOC(=O)C(O)COc1ccc(-c2ccc(NC(C)(C)C=O)c(N(C)C)c2COc2cc(F)ccc2C)c(OC)c1. The first-order valence-electron chi connectivity index (χ1n) is 13.5. The van der Waals surface area contributed by atoms with Crippen LogP contribution in [0.3, 0.4) is 0 Å². The molecule has 0 spiro atoms. The van der Waals surface area contributed by atoms with E-state index in [-0.39, 0.29) is 19.8 Å². The van der Waals surface area contributed by atoms with Gasteiger partial charge in [0.1, 0.15) is 42.6 Å². The summed E-state index contributed by atoms with van der Waals surface area (Å²) in [6.45, 7) is 7.00. The van der Waals surface area contributed by atoms with E-state index < -0.39 is 23.4 Å². The Labute approximate surface area is 246 Å². The Balaban J connectivity index is 2.09. The molecule has 1 unspecified atom stereocenters. The van der Waals surface area contributed by atoms with Gasteiger partial charge in [0, 0.05) is 37.4 Å². The lowest BCUT2D eigenvalue weighted by atomic mass is 9.95. The predicted octanol–water partition coefficient (Wildman–Crippen LogP) is 5.15. The number of aryl methyl sites for hydroxylation is 1. The van der Waals surface area contributed by atoms with E-state index in [1.54, 1.807) is 45.0 Å². The van der Waals surface area contributed by atoms with Crippen molar-refractivity contribution in [3.63, 3.8) is 0 Å². The van der Waals surface area contributed by atoms with Gasteiger partial charge in [0.05, 0.1) is 30.6 Å². The number of aldehydes is 1. The van der Waals surface area contributed by atoms with Crippen LogP contribution in [0.5, 0.6) is 17.2 Å². The summed E-state index contributed by atoms with van der Waals surface area (Å²) in [7, 11) is 5.30. The number of aliphatic hydroxyl groups excluding tert-OH is 1. The molecule has 42 heavy (non-hydrogen) atoms. The van der Waals surface area contributed by atoms with E-state index in [2.05, 4.69) is 5.32 Å². The third-order valence-electron chi connectivity index (χ3n) is 6.43. The smallest absolute Gasteiger partial charge is 0.338 e. The van der Waals surface area contributed by atoms with Crippen molar-refractivity contribution in [2.45, 2.75) is 45.9 Å². The summed E-state index contributed by atoms with van der Waals surface area (Å²) < 4.78 is 36.4. The predicted molar refractivity (Wildman–Crippen MR) is 160 cm³/mol. The number of hydrogen-bond donors (Lipinski definition) is 2. The van der Waals surface area contributed by atoms with E-state index >= 15 is 0 Å². The summed E-state index contributed by atoms with van der Waals surface area (Å²) in [4.78, 5) is 25.4. The maximum atomic E-state index is 14.0. The molecule has 9 nitrogen and oxygen atoms in total. The topological polar surface area (TPSA) is 107 Å². The molecule has 3 aromatic carbocycles. The van der Waals surface area contributed by atoms with Gasteiger partial charge in [0.15, 0.2) is 6.10 Å². The van der Waals surface area contributed by atoms with E-state index in [1.807, 2.05) is 38.1 Å². The number of ether oxygens (including phenoxy) is 4. The highest BCUT2D eigenvalue weighted by Crippen LogP contribution is 2.42. The van der Waals surface area contributed by atoms with E-state index in [0.29, 0.717) is 22.9 Å². The summed E-state index contributed by atoms with van der Waals surface area (Å²) in [5.74, 6) is 0.0955. The van der Waals surface area contributed by atoms with Crippen molar-refractivity contribution in [3.05, 3.63) is 65.5 Å². The minimum absolute atomic E-state index is 0.0807. The maximum absolute atomic E-state index is 14.0. The molecule has 0 amide bonds. The van der Waals surface area contributed by atoms with Crippen molar-refractivity contribution in [1.29, 1.82) is 0 Å². The van der Waals surface area contributed by atoms with Gasteiger partial charge in [-0.25, -0.2) is 9.18 Å². The van der Waals surface area contributed by atoms with E-state index in [4.69, 9.17) is 18.9 Å². The highest BCUT2D eigenvalue weighted by Gasteiger charge is 2.24. The number of nitrogens with zero attached hydrogens (tertiary/aromatic N) is 1. The average molecular weight is 583 g/mol. The van der Waals surface area contributed by atoms with Gasteiger partial charge >= 0.3 is 5.97 Å². The quantitative estimate of drug-likeness (QED) is 0.197.